The fourth-order valence-electron chi connectivity index (χ4n) is 1.27. The summed E-state index contributed by atoms with van der Waals surface area (Å²) < 4.78 is 1.55. The van der Waals surface area contributed by atoms with Crippen molar-refractivity contribution in [1.82, 2.24) is 14.8 Å². The zero-order valence-corrected chi connectivity index (χ0v) is 9.55. The second-order valence-corrected chi connectivity index (χ2v) is 4.36. The van der Waals surface area contributed by atoms with Gasteiger partial charge in [-0.3, -0.25) is 9.59 Å². The molecule has 0 aromatic carbocycles. The highest BCUT2D eigenvalue weighted by molar-refractivity contribution is 7.16. The Bertz CT molecular complexity index is 533. The van der Waals surface area contributed by atoms with Crippen LogP contribution in [0, 0.1) is 0 Å². The highest BCUT2D eigenvalue weighted by Crippen LogP contribution is 2.21. The number of carbonyl (C=O) groups is 2. The molecular weight excluding hydrogens is 242 g/mol. The van der Waals surface area contributed by atoms with Crippen molar-refractivity contribution in [1.29, 1.82) is 0 Å². The van der Waals surface area contributed by atoms with Gasteiger partial charge < -0.3 is 5.11 Å². The lowest BCUT2D eigenvalue weighted by Crippen LogP contribution is -2.01. The zero-order chi connectivity index (χ0) is 12.3. The van der Waals surface area contributed by atoms with Crippen LogP contribution < -0.4 is 0 Å². The molecule has 0 fully saturated rings. The topological polar surface area (TPSA) is 85.1 Å². The molecule has 0 atom stereocenters. The number of thiophene rings is 1. The minimum absolute atomic E-state index is 0.0205. The molecule has 0 aliphatic rings. The summed E-state index contributed by atoms with van der Waals surface area (Å²) in [5, 5.41) is 13.2. The van der Waals surface area contributed by atoms with E-state index in [-0.39, 0.29) is 18.6 Å². The third-order valence-electron chi connectivity index (χ3n) is 2.08. The van der Waals surface area contributed by atoms with Gasteiger partial charge in [0.2, 0.25) is 0 Å². The first-order chi connectivity index (χ1) is 8.16. The molecular formula is C10H9N3O3S. The molecule has 88 valence electrons. The number of aliphatic carboxylic acids is 1. The van der Waals surface area contributed by atoms with Gasteiger partial charge in [-0.05, 0) is 12.1 Å². The Morgan fingerprint density at radius 2 is 2.18 bits per heavy atom. The van der Waals surface area contributed by atoms with E-state index >= 15 is 0 Å². The molecule has 6 nitrogen and oxygen atoms in total. The quantitative estimate of drug-likeness (QED) is 0.811. The van der Waals surface area contributed by atoms with Crippen molar-refractivity contribution in [3.63, 3.8) is 0 Å². The van der Waals surface area contributed by atoms with Gasteiger partial charge in [0, 0.05) is 6.42 Å². The van der Waals surface area contributed by atoms with Gasteiger partial charge >= 0.3 is 5.97 Å². The molecule has 0 radical (unpaired) electrons. The summed E-state index contributed by atoms with van der Waals surface area (Å²) in [5.74, 6) is -1.13. The van der Waals surface area contributed by atoms with E-state index in [9.17, 15) is 9.59 Å². The molecule has 0 aliphatic carbocycles. The number of Topliss-reactive ketones (excluding diaryl/α,β-unsaturated/α-hetero) is 1. The number of hydrogen-bond acceptors (Lipinski definition) is 5. The van der Waals surface area contributed by atoms with Crippen LogP contribution in [0.25, 0.3) is 5.00 Å². The van der Waals surface area contributed by atoms with Gasteiger partial charge in [-0.15, -0.1) is 11.3 Å². The van der Waals surface area contributed by atoms with Gasteiger partial charge in [0.1, 0.15) is 17.7 Å². The van der Waals surface area contributed by atoms with Gasteiger partial charge in [-0.1, -0.05) is 0 Å². The summed E-state index contributed by atoms with van der Waals surface area (Å²) in [6.45, 7) is 0. The van der Waals surface area contributed by atoms with Crippen LogP contribution >= 0.6 is 11.3 Å². The summed E-state index contributed by atoms with van der Waals surface area (Å²) >= 11 is 1.27. The molecule has 7 heteroatoms. The first kappa shape index (κ1) is 11.5. The third kappa shape index (κ3) is 2.76. The van der Waals surface area contributed by atoms with Crippen LogP contribution in [0.4, 0.5) is 0 Å². The number of carboxylic acid groups (broad SMARTS) is 1. The Labute approximate surface area is 101 Å². The Balaban J connectivity index is 2.08. The van der Waals surface area contributed by atoms with Gasteiger partial charge in [-0.25, -0.2) is 9.67 Å². The predicted octanol–water partition coefficient (Wildman–Crippen LogP) is 1.38. The number of aromatic nitrogens is 3. The summed E-state index contributed by atoms with van der Waals surface area (Å²) in [7, 11) is 0. The third-order valence-corrected chi connectivity index (χ3v) is 3.19. The normalized spacial score (nSPS) is 10.4. The average molecular weight is 251 g/mol. The molecule has 2 rings (SSSR count). The molecule has 0 bridgehead atoms. The maximum atomic E-state index is 11.6. The highest BCUT2D eigenvalue weighted by atomic mass is 32.1. The predicted molar refractivity (Wildman–Crippen MR) is 60.4 cm³/mol. The monoisotopic (exact) mass is 251 g/mol. The van der Waals surface area contributed by atoms with Gasteiger partial charge in [0.05, 0.1) is 11.3 Å². The smallest absolute Gasteiger partial charge is 0.303 e. The van der Waals surface area contributed by atoms with Crippen LogP contribution in [-0.2, 0) is 4.79 Å². The largest absolute Gasteiger partial charge is 0.481 e. The Morgan fingerprint density at radius 1 is 1.35 bits per heavy atom. The summed E-state index contributed by atoms with van der Waals surface area (Å²) in [4.78, 5) is 26.3. The summed E-state index contributed by atoms with van der Waals surface area (Å²) in [5.41, 5.74) is 0. The number of nitrogens with zero attached hydrogens (tertiary/aromatic N) is 3. The van der Waals surface area contributed by atoms with E-state index < -0.39 is 5.97 Å². The fourth-order valence-corrected chi connectivity index (χ4v) is 2.17. The molecule has 0 saturated carbocycles. The molecule has 2 heterocycles. The standard InChI is InChI=1S/C10H9N3O3S/c14-7(1-4-10(15)16)8-2-3-9(17-8)13-6-11-5-12-13/h2-3,5-6H,1,4H2,(H,15,16). The first-order valence-electron chi connectivity index (χ1n) is 4.86. The lowest BCUT2D eigenvalue weighted by molar-refractivity contribution is -0.136. The maximum absolute atomic E-state index is 11.6. The second-order valence-electron chi connectivity index (χ2n) is 3.29. The van der Waals surface area contributed by atoms with Gasteiger partial charge in [0.15, 0.2) is 5.78 Å². The van der Waals surface area contributed by atoms with Gasteiger partial charge in [0.25, 0.3) is 0 Å². The van der Waals surface area contributed by atoms with Crippen LogP contribution in [-0.4, -0.2) is 31.6 Å². The number of ketones is 1. The zero-order valence-electron chi connectivity index (χ0n) is 8.74. The fraction of sp³-hybridized carbons (Fsp3) is 0.200. The number of hydrogen-bond donors (Lipinski definition) is 1. The molecule has 1 N–H and O–H groups in total. The Kier molecular flexibility index (Phi) is 3.29. The van der Waals surface area contributed by atoms with Crippen molar-refractivity contribution >= 4 is 23.1 Å². The number of rotatable bonds is 5. The van der Waals surface area contributed by atoms with Crippen LogP contribution in [0.5, 0.6) is 0 Å². The molecule has 0 saturated heterocycles. The Morgan fingerprint density at radius 3 is 2.82 bits per heavy atom. The van der Waals surface area contributed by atoms with Crippen molar-refractivity contribution in [3.8, 4) is 5.00 Å². The van der Waals surface area contributed by atoms with E-state index in [0.717, 1.165) is 5.00 Å². The van der Waals surface area contributed by atoms with Crippen molar-refractivity contribution in [2.75, 3.05) is 0 Å². The molecule has 0 aliphatic heterocycles. The molecule has 17 heavy (non-hydrogen) atoms. The molecule has 0 amide bonds. The maximum Gasteiger partial charge on any atom is 0.303 e. The lowest BCUT2D eigenvalue weighted by Gasteiger charge is -1.94. The molecule has 2 aromatic rings. The minimum Gasteiger partial charge on any atom is -0.481 e. The van der Waals surface area contributed by atoms with E-state index in [1.54, 1.807) is 16.8 Å². The van der Waals surface area contributed by atoms with Crippen molar-refractivity contribution < 1.29 is 14.7 Å². The summed E-state index contributed by atoms with van der Waals surface area (Å²) in [6, 6.07) is 3.43. The lowest BCUT2D eigenvalue weighted by atomic mass is 10.2. The first-order valence-corrected chi connectivity index (χ1v) is 5.68. The molecule has 0 unspecified atom stereocenters. The van der Waals surface area contributed by atoms with Crippen molar-refractivity contribution in [2.45, 2.75) is 12.8 Å². The van der Waals surface area contributed by atoms with E-state index in [2.05, 4.69) is 10.1 Å². The SMILES string of the molecule is O=C(O)CCC(=O)c1ccc(-n2cncn2)s1. The van der Waals surface area contributed by atoms with E-state index in [1.807, 2.05) is 0 Å². The van der Waals surface area contributed by atoms with Crippen LogP contribution in [0.15, 0.2) is 24.8 Å². The molecule has 2 aromatic heterocycles. The summed E-state index contributed by atoms with van der Waals surface area (Å²) in [6.07, 6.45) is 2.82. The molecule has 0 spiro atoms. The van der Waals surface area contributed by atoms with Crippen LogP contribution in [0.1, 0.15) is 22.5 Å². The number of carboxylic acids is 1. The van der Waals surface area contributed by atoms with Crippen LogP contribution in [0.3, 0.4) is 0 Å². The van der Waals surface area contributed by atoms with Gasteiger partial charge in [-0.2, -0.15) is 5.10 Å². The minimum atomic E-state index is -0.966. The van der Waals surface area contributed by atoms with E-state index in [0.29, 0.717) is 4.88 Å². The second kappa shape index (κ2) is 4.88. The van der Waals surface area contributed by atoms with Crippen molar-refractivity contribution in [2.24, 2.45) is 0 Å². The average Bonchev–Trinajstić information content (AvgIpc) is 2.94. The number of carbonyl (C=O) groups excluding carboxylic acids is 1. The van der Waals surface area contributed by atoms with Crippen LogP contribution in [0.2, 0.25) is 0 Å². The van der Waals surface area contributed by atoms with Crippen molar-refractivity contribution in [3.05, 3.63) is 29.7 Å². The Hall–Kier alpha value is -2.02. The van der Waals surface area contributed by atoms with E-state index in [4.69, 9.17) is 5.11 Å². The van der Waals surface area contributed by atoms with E-state index in [1.165, 1.54) is 24.0 Å². The highest BCUT2D eigenvalue weighted by Gasteiger charge is 2.12.